The van der Waals surface area contributed by atoms with Gasteiger partial charge in [-0.3, -0.25) is 9.82 Å². The second-order valence-electron chi connectivity index (χ2n) is 5.28. The Morgan fingerprint density at radius 1 is 1.36 bits per heavy atom. The Labute approximate surface area is 129 Å². The molecular weight excluding hydrogens is 280 g/mol. The minimum atomic E-state index is 0.454. The minimum absolute atomic E-state index is 0.454. The van der Waals surface area contributed by atoms with Crippen LogP contribution in [-0.4, -0.2) is 34.8 Å². The molecule has 3 heterocycles. The van der Waals surface area contributed by atoms with Gasteiger partial charge in [0.15, 0.2) is 11.6 Å². The summed E-state index contributed by atoms with van der Waals surface area (Å²) in [5, 5.41) is 0. The summed E-state index contributed by atoms with van der Waals surface area (Å²) < 4.78 is 5.33. The molecule has 0 radical (unpaired) electrons. The molecule has 6 heteroatoms. The highest BCUT2D eigenvalue weighted by Gasteiger charge is 2.16. The van der Waals surface area contributed by atoms with Crippen molar-refractivity contribution < 1.29 is 9.57 Å². The largest absolute Gasteiger partial charge is 0.381 e. The van der Waals surface area contributed by atoms with Crippen molar-refractivity contribution >= 4 is 5.82 Å². The second kappa shape index (κ2) is 7.29. The van der Waals surface area contributed by atoms with Crippen LogP contribution in [0.2, 0.25) is 0 Å². The maximum absolute atomic E-state index is 5.55. The van der Waals surface area contributed by atoms with Crippen molar-refractivity contribution in [2.75, 3.05) is 25.3 Å². The number of rotatable bonds is 6. The van der Waals surface area contributed by atoms with Crippen LogP contribution in [0.25, 0.3) is 11.5 Å². The number of anilines is 1. The van der Waals surface area contributed by atoms with E-state index in [4.69, 9.17) is 9.57 Å². The van der Waals surface area contributed by atoms with Crippen molar-refractivity contribution in [1.82, 2.24) is 15.0 Å². The van der Waals surface area contributed by atoms with Crippen molar-refractivity contribution in [3.05, 3.63) is 36.2 Å². The Morgan fingerprint density at radius 2 is 2.32 bits per heavy atom. The minimum Gasteiger partial charge on any atom is -0.381 e. The number of hydrogen-bond donors (Lipinski definition) is 1. The monoisotopic (exact) mass is 300 g/mol. The molecule has 0 amide bonds. The van der Waals surface area contributed by atoms with Gasteiger partial charge >= 0.3 is 0 Å². The summed E-state index contributed by atoms with van der Waals surface area (Å²) >= 11 is 0. The van der Waals surface area contributed by atoms with E-state index in [1.807, 2.05) is 24.3 Å². The molecule has 1 N–H and O–H groups in total. The average Bonchev–Trinajstić information content (AvgIpc) is 3.09. The van der Waals surface area contributed by atoms with Crippen LogP contribution in [0, 0.1) is 5.92 Å². The Hall–Kier alpha value is -2.05. The second-order valence-corrected chi connectivity index (χ2v) is 5.28. The molecular formula is C16H20N4O2. The molecule has 1 fully saturated rings. The molecule has 1 aliphatic heterocycles. The Bertz CT molecular complexity index is 600. The van der Waals surface area contributed by atoms with E-state index in [1.165, 1.54) is 0 Å². The lowest BCUT2D eigenvalue weighted by Gasteiger charge is -2.11. The molecule has 1 unspecified atom stereocenters. The van der Waals surface area contributed by atoms with Crippen LogP contribution < -0.4 is 5.48 Å². The summed E-state index contributed by atoms with van der Waals surface area (Å²) in [5.41, 5.74) is 4.63. The summed E-state index contributed by atoms with van der Waals surface area (Å²) in [5.74, 6) is 1.72. The maximum Gasteiger partial charge on any atom is 0.180 e. The van der Waals surface area contributed by atoms with Gasteiger partial charge in [-0.2, -0.15) is 0 Å². The molecule has 1 atom stereocenters. The first-order chi connectivity index (χ1) is 10.8. The molecule has 3 rings (SSSR count). The fourth-order valence-electron chi connectivity index (χ4n) is 2.29. The van der Waals surface area contributed by atoms with Crippen LogP contribution in [-0.2, 0) is 16.0 Å². The highest BCUT2D eigenvalue weighted by Crippen LogP contribution is 2.17. The van der Waals surface area contributed by atoms with Gasteiger partial charge in [0.2, 0.25) is 0 Å². The van der Waals surface area contributed by atoms with Gasteiger partial charge in [-0.25, -0.2) is 15.4 Å². The lowest BCUT2D eigenvalue weighted by molar-refractivity contribution is 0.126. The third kappa shape index (κ3) is 3.78. The van der Waals surface area contributed by atoms with Gasteiger partial charge in [-0.1, -0.05) is 13.0 Å². The first-order valence-electron chi connectivity index (χ1n) is 7.60. The van der Waals surface area contributed by atoms with Gasteiger partial charge in [-0.05, 0) is 25.0 Å². The molecule has 2 aromatic heterocycles. The summed E-state index contributed by atoms with van der Waals surface area (Å²) in [6.45, 7) is 4.27. The highest BCUT2D eigenvalue weighted by atomic mass is 16.6. The van der Waals surface area contributed by atoms with E-state index in [2.05, 4.69) is 27.4 Å². The van der Waals surface area contributed by atoms with E-state index in [9.17, 15) is 0 Å². The summed E-state index contributed by atoms with van der Waals surface area (Å²) in [6, 6.07) is 7.60. The third-order valence-corrected chi connectivity index (χ3v) is 3.56. The van der Waals surface area contributed by atoms with Crippen LogP contribution in [0.5, 0.6) is 0 Å². The van der Waals surface area contributed by atoms with Gasteiger partial charge in [0.1, 0.15) is 5.69 Å². The number of aromatic nitrogens is 3. The van der Waals surface area contributed by atoms with E-state index >= 15 is 0 Å². The fourth-order valence-corrected chi connectivity index (χ4v) is 2.29. The van der Waals surface area contributed by atoms with Crippen molar-refractivity contribution in [2.24, 2.45) is 5.92 Å². The fraction of sp³-hybridized carbons (Fsp3) is 0.438. The number of nitrogens with one attached hydrogen (secondary N) is 1. The first-order valence-corrected chi connectivity index (χ1v) is 7.60. The molecule has 1 aliphatic rings. The highest BCUT2D eigenvalue weighted by molar-refractivity contribution is 5.52. The molecule has 0 aliphatic carbocycles. The van der Waals surface area contributed by atoms with Crippen molar-refractivity contribution in [3.8, 4) is 11.5 Å². The number of pyridine rings is 1. The number of hydrogen-bond acceptors (Lipinski definition) is 6. The SMILES string of the molecule is CCc1cc(NOCC2CCOC2)nc(-c2ccccn2)n1. The zero-order valence-electron chi connectivity index (χ0n) is 12.7. The standard InChI is InChI=1S/C16H20N4O2/c1-2-13-9-15(20-22-11-12-6-8-21-10-12)19-16(18-13)14-5-3-4-7-17-14/h3-5,7,9,12H,2,6,8,10-11H2,1H3,(H,18,19,20). The van der Waals surface area contributed by atoms with Gasteiger partial charge in [0.05, 0.1) is 13.2 Å². The number of nitrogens with zero attached hydrogens (tertiary/aromatic N) is 3. The molecule has 0 bridgehead atoms. The topological polar surface area (TPSA) is 69.2 Å². The number of ether oxygens (including phenoxy) is 1. The van der Waals surface area contributed by atoms with Crippen molar-refractivity contribution in [2.45, 2.75) is 19.8 Å². The lowest BCUT2D eigenvalue weighted by Crippen LogP contribution is -2.14. The van der Waals surface area contributed by atoms with Crippen molar-refractivity contribution in [3.63, 3.8) is 0 Å². The Kier molecular flexibility index (Phi) is 4.92. The quantitative estimate of drug-likeness (QED) is 0.827. The van der Waals surface area contributed by atoms with E-state index in [1.54, 1.807) is 6.20 Å². The lowest BCUT2D eigenvalue weighted by atomic mass is 10.1. The summed E-state index contributed by atoms with van der Waals surface area (Å²) in [7, 11) is 0. The first kappa shape index (κ1) is 14.9. The normalized spacial score (nSPS) is 17.6. The van der Waals surface area contributed by atoms with Crippen LogP contribution in [0.4, 0.5) is 5.82 Å². The van der Waals surface area contributed by atoms with Crippen LogP contribution in [0.1, 0.15) is 19.0 Å². The molecule has 0 saturated carbocycles. The van der Waals surface area contributed by atoms with E-state index in [0.29, 0.717) is 24.2 Å². The van der Waals surface area contributed by atoms with Crippen molar-refractivity contribution in [1.29, 1.82) is 0 Å². The van der Waals surface area contributed by atoms with E-state index < -0.39 is 0 Å². The molecule has 0 aromatic carbocycles. The molecule has 6 nitrogen and oxygen atoms in total. The summed E-state index contributed by atoms with van der Waals surface area (Å²) in [6.07, 6.45) is 3.61. The zero-order chi connectivity index (χ0) is 15.2. The molecule has 1 saturated heterocycles. The Balaban J connectivity index is 1.70. The van der Waals surface area contributed by atoms with E-state index in [-0.39, 0.29) is 0 Å². The molecule has 116 valence electrons. The van der Waals surface area contributed by atoms with Gasteiger partial charge in [0.25, 0.3) is 0 Å². The third-order valence-electron chi connectivity index (χ3n) is 3.56. The molecule has 2 aromatic rings. The van der Waals surface area contributed by atoms with Gasteiger partial charge < -0.3 is 4.74 Å². The molecule has 0 spiro atoms. The smallest absolute Gasteiger partial charge is 0.180 e. The van der Waals surface area contributed by atoms with Gasteiger partial charge in [0, 0.05) is 30.5 Å². The van der Waals surface area contributed by atoms with Crippen LogP contribution in [0.15, 0.2) is 30.5 Å². The maximum atomic E-state index is 5.55. The zero-order valence-corrected chi connectivity index (χ0v) is 12.7. The predicted octanol–water partition coefficient (Wildman–Crippen LogP) is 2.48. The van der Waals surface area contributed by atoms with Gasteiger partial charge in [-0.15, -0.1) is 0 Å². The Morgan fingerprint density at radius 3 is 3.05 bits per heavy atom. The van der Waals surface area contributed by atoms with Crippen LogP contribution >= 0.6 is 0 Å². The van der Waals surface area contributed by atoms with Crippen LogP contribution in [0.3, 0.4) is 0 Å². The summed E-state index contributed by atoms with van der Waals surface area (Å²) in [4.78, 5) is 18.8. The predicted molar refractivity (Wildman–Crippen MR) is 83.1 cm³/mol. The number of aryl methyl sites for hydroxylation is 1. The average molecular weight is 300 g/mol. The molecule has 22 heavy (non-hydrogen) atoms. The van der Waals surface area contributed by atoms with E-state index in [0.717, 1.165) is 37.4 Å².